The number of nitrogens with one attached hydrogen (secondary N) is 3. The molecule has 0 bridgehead atoms. The van der Waals surface area contributed by atoms with Gasteiger partial charge in [0.1, 0.15) is 0 Å². The Morgan fingerprint density at radius 2 is 2.71 bits per heavy atom. The van der Waals surface area contributed by atoms with E-state index in [1.807, 2.05) is 0 Å². The molecule has 0 atom stereocenters. The van der Waals surface area contributed by atoms with Gasteiger partial charge in [0.2, 0.25) is 11.9 Å². The van der Waals surface area contributed by atoms with Crippen LogP contribution in [0.4, 0.5) is 5.95 Å². The summed E-state index contributed by atoms with van der Waals surface area (Å²) in [5.74, 6) is 0.859. The first kappa shape index (κ1) is 9.80. The van der Waals surface area contributed by atoms with Gasteiger partial charge < -0.3 is 4.98 Å². The second-order valence-electron chi connectivity index (χ2n) is 2.28. The van der Waals surface area contributed by atoms with Crippen LogP contribution in [0.3, 0.4) is 0 Å². The smallest absolute Gasteiger partial charge is 0.211 e. The van der Waals surface area contributed by atoms with Gasteiger partial charge in [0.25, 0.3) is 0 Å². The van der Waals surface area contributed by atoms with E-state index in [1.165, 1.54) is 0 Å². The van der Waals surface area contributed by atoms with Crippen LogP contribution in [0.15, 0.2) is 30.0 Å². The van der Waals surface area contributed by atoms with Crippen molar-refractivity contribution in [3.63, 3.8) is 0 Å². The number of H-pyrrole nitrogens is 1. The summed E-state index contributed by atoms with van der Waals surface area (Å²) in [6.45, 7) is 3.95. The van der Waals surface area contributed by atoms with E-state index in [1.54, 1.807) is 24.7 Å². The largest absolute Gasteiger partial charge is 0.331 e. The summed E-state index contributed by atoms with van der Waals surface area (Å²) in [6.07, 6.45) is 6.66. The van der Waals surface area contributed by atoms with Crippen molar-refractivity contribution in [2.75, 3.05) is 11.9 Å². The Balaban J connectivity index is 2.60. The molecule has 0 aliphatic carbocycles. The van der Waals surface area contributed by atoms with Crippen molar-refractivity contribution in [1.29, 1.82) is 5.26 Å². The zero-order valence-electron chi connectivity index (χ0n) is 7.49. The first-order chi connectivity index (χ1) is 6.86. The maximum absolute atomic E-state index is 8.43. The monoisotopic (exact) mass is 190 g/mol. The van der Waals surface area contributed by atoms with E-state index >= 15 is 0 Å². The number of rotatable bonds is 3. The summed E-state index contributed by atoms with van der Waals surface area (Å²) in [6, 6.07) is 0. The molecule has 1 heterocycles. The van der Waals surface area contributed by atoms with Gasteiger partial charge in [0.05, 0.1) is 6.54 Å². The minimum absolute atomic E-state index is 0.336. The highest BCUT2D eigenvalue weighted by Gasteiger charge is 1.98. The van der Waals surface area contributed by atoms with E-state index in [9.17, 15) is 0 Å². The maximum Gasteiger partial charge on any atom is 0.211 e. The molecule has 72 valence electrons. The normalized spacial score (nSPS) is 10.4. The third kappa shape index (κ3) is 2.98. The van der Waals surface area contributed by atoms with Crippen molar-refractivity contribution in [1.82, 2.24) is 15.3 Å². The quantitative estimate of drug-likeness (QED) is 0.212. The molecule has 1 aromatic heterocycles. The lowest BCUT2D eigenvalue weighted by molar-refractivity contribution is 1.14. The van der Waals surface area contributed by atoms with Crippen LogP contribution in [0.2, 0.25) is 0 Å². The highest BCUT2D eigenvalue weighted by molar-refractivity contribution is 5.93. The van der Waals surface area contributed by atoms with Gasteiger partial charge in [-0.25, -0.2) is 9.98 Å². The lowest BCUT2D eigenvalue weighted by atomic mass is 10.6. The topological polar surface area (TPSA) is 88.9 Å². The molecular weight excluding hydrogens is 180 g/mol. The molecule has 0 spiro atoms. The number of anilines is 1. The first-order valence-electron chi connectivity index (χ1n) is 3.93. The summed E-state index contributed by atoms with van der Waals surface area (Å²) < 4.78 is 0. The SMILES string of the molecule is C=CCN=C(NC#N)Nc1ncc[nH]1. The molecule has 0 saturated heterocycles. The summed E-state index contributed by atoms with van der Waals surface area (Å²) >= 11 is 0. The maximum atomic E-state index is 8.43. The highest BCUT2D eigenvalue weighted by atomic mass is 15.2. The fourth-order valence-corrected chi connectivity index (χ4v) is 0.765. The summed E-state index contributed by atoms with van der Waals surface area (Å²) in [5.41, 5.74) is 0. The molecule has 6 heteroatoms. The zero-order chi connectivity index (χ0) is 10.2. The number of aliphatic imine (C=N–C) groups is 1. The van der Waals surface area contributed by atoms with Crippen LogP contribution in [0.25, 0.3) is 0 Å². The molecule has 14 heavy (non-hydrogen) atoms. The Morgan fingerprint density at radius 1 is 1.86 bits per heavy atom. The van der Waals surface area contributed by atoms with Crippen molar-refractivity contribution < 1.29 is 0 Å². The van der Waals surface area contributed by atoms with Crippen LogP contribution < -0.4 is 10.6 Å². The molecule has 0 fully saturated rings. The lowest BCUT2D eigenvalue weighted by Gasteiger charge is -2.03. The molecule has 0 aliphatic heterocycles. The van der Waals surface area contributed by atoms with Gasteiger partial charge >= 0.3 is 0 Å². The molecule has 3 N–H and O–H groups in total. The Morgan fingerprint density at radius 3 is 3.29 bits per heavy atom. The number of aromatic amines is 1. The number of hydrogen-bond acceptors (Lipinski definition) is 3. The van der Waals surface area contributed by atoms with Crippen molar-refractivity contribution >= 4 is 11.9 Å². The predicted molar refractivity (Wildman–Crippen MR) is 53.5 cm³/mol. The second kappa shape index (κ2) is 5.37. The van der Waals surface area contributed by atoms with E-state index in [4.69, 9.17) is 5.26 Å². The van der Waals surface area contributed by atoms with Gasteiger partial charge in [0.15, 0.2) is 6.19 Å². The van der Waals surface area contributed by atoms with Crippen molar-refractivity contribution in [3.8, 4) is 6.19 Å². The van der Waals surface area contributed by atoms with Gasteiger partial charge in [-0.15, -0.1) is 6.58 Å². The van der Waals surface area contributed by atoms with E-state index in [0.717, 1.165) is 0 Å². The van der Waals surface area contributed by atoms with Gasteiger partial charge in [0, 0.05) is 12.4 Å². The molecule has 6 nitrogen and oxygen atoms in total. The Bertz CT molecular complexity index is 344. The van der Waals surface area contributed by atoms with Crippen molar-refractivity contribution in [2.24, 2.45) is 4.99 Å². The molecule has 1 rings (SSSR count). The zero-order valence-corrected chi connectivity index (χ0v) is 7.49. The number of aromatic nitrogens is 2. The van der Waals surface area contributed by atoms with Crippen molar-refractivity contribution in [3.05, 3.63) is 25.0 Å². The van der Waals surface area contributed by atoms with Crippen LogP contribution in [-0.4, -0.2) is 22.5 Å². The Labute approximate surface area is 81.4 Å². The van der Waals surface area contributed by atoms with Crippen LogP contribution >= 0.6 is 0 Å². The number of imidazole rings is 1. The summed E-state index contributed by atoms with van der Waals surface area (Å²) in [4.78, 5) is 10.7. The fourth-order valence-electron chi connectivity index (χ4n) is 0.765. The fraction of sp³-hybridized carbons (Fsp3) is 0.125. The second-order valence-corrected chi connectivity index (χ2v) is 2.28. The minimum atomic E-state index is 0.336. The third-order valence-electron chi connectivity index (χ3n) is 1.29. The van der Waals surface area contributed by atoms with Crippen LogP contribution in [0.5, 0.6) is 0 Å². The van der Waals surface area contributed by atoms with E-state index in [0.29, 0.717) is 18.5 Å². The van der Waals surface area contributed by atoms with Gasteiger partial charge in [-0.05, 0) is 0 Å². The lowest BCUT2D eigenvalue weighted by Crippen LogP contribution is -2.27. The highest BCUT2D eigenvalue weighted by Crippen LogP contribution is 1.93. The molecule has 0 aromatic carbocycles. The number of guanidine groups is 1. The minimum Gasteiger partial charge on any atom is -0.331 e. The molecule has 0 radical (unpaired) electrons. The van der Waals surface area contributed by atoms with Gasteiger partial charge in [-0.2, -0.15) is 5.26 Å². The summed E-state index contributed by atoms with van der Waals surface area (Å²) in [7, 11) is 0. The van der Waals surface area contributed by atoms with E-state index < -0.39 is 0 Å². The first-order valence-corrected chi connectivity index (χ1v) is 3.93. The molecule has 0 aliphatic rings. The Kier molecular flexibility index (Phi) is 3.76. The standard InChI is InChI=1S/C8H10N6/c1-2-3-10-8(13-6-9)14-7-11-4-5-12-7/h2,4-5H,1,3H2,(H3,10,11,12,13,14). The molecule has 0 amide bonds. The van der Waals surface area contributed by atoms with Crippen LogP contribution in [-0.2, 0) is 0 Å². The molecular formula is C8H10N6. The van der Waals surface area contributed by atoms with Crippen LogP contribution in [0, 0.1) is 11.5 Å². The van der Waals surface area contributed by atoms with E-state index in [-0.39, 0.29) is 0 Å². The molecule has 0 saturated carbocycles. The predicted octanol–water partition coefficient (Wildman–Crippen LogP) is 0.434. The average Bonchev–Trinajstić information content (AvgIpc) is 2.67. The average molecular weight is 190 g/mol. The molecule has 1 aromatic rings. The molecule has 0 unspecified atom stereocenters. The number of nitriles is 1. The number of nitrogens with zero attached hydrogens (tertiary/aromatic N) is 3. The third-order valence-corrected chi connectivity index (χ3v) is 1.29. The van der Waals surface area contributed by atoms with Crippen molar-refractivity contribution in [2.45, 2.75) is 0 Å². The van der Waals surface area contributed by atoms with Crippen LogP contribution in [0.1, 0.15) is 0 Å². The van der Waals surface area contributed by atoms with Gasteiger partial charge in [-0.1, -0.05) is 6.08 Å². The summed E-state index contributed by atoms with van der Waals surface area (Å²) in [5, 5.41) is 13.6. The van der Waals surface area contributed by atoms with E-state index in [2.05, 4.69) is 32.2 Å². The Hall–Kier alpha value is -2.29. The number of hydrogen-bond donors (Lipinski definition) is 3. The van der Waals surface area contributed by atoms with Gasteiger partial charge in [-0.3, -0.25) is 10.6 Å².